The first-order valence-corrected chi connectivity index (χ1v) is 8.00. The fourth-order valence-corrected chi connectivity index (χ4v) is 2.28. The third kappa shape index (κ3) is 7.74. The lowest BCUT2D eigenvalue weighted by molar-refractivity contribution is -0.114. The van der Waals surface area contributed by atoms with E-state index >= 15 is 0 Å². The Balaban J connectivity index is 0.00000312. The molecule has 0 fully saturated rings. The van der Waals surface area contributed by atoms with Gasteiger partial charge in [-0.2, -0.15) is 0 Å². The van der Waals surface area contributed by atoms with Crippen molar-refractivity contribution in [3.63, 3.8) is 0 Å². The zero-order valence-corrected chi connectivity index (χ0v) is 17.3. The summed E-state index contributed by atoms with van der Waals surface area (Å²) in [6.45, 7) is 2.75. The van der Waals surface area contributed by atoms with Crippen LogP contribution in [0.3, 0.4) is 0 Å². The Kier molecular flexibility index (Phi) is 9.30. The Labute approximate surface area is 170 Å². The molecule has 2 aromatic carbocycles. The highest BCUT2D eigenvalue weighted by Gasteiger charge is 2.01. The topological polar surface area (TPSA) is 65.5 Å². The van der Waals surface area contributed by atoms with Gasteiger partial charge in [-0.05, 0) is 35.4 Å². The number of guanidine groups is 1. The molecule has 0 unspecified atom stereocenters. The third-order valence-electron chi connectivity index (χ3n) is 3.30. The lowest BCUT2D eigenvalue weighted by Gasteiger charge is -2.13. The number of amides is 1. The monoisotopic (exact) mass is 472 g/mol. The molecule has 5 nitrogen and oxygen atoms in total. The van der Waals surface area contributed by atoms with Crippen molar-refractivity contribution in [3.8, 4) is 0 Å². The Bertz CT molecular complexity index is 719. The summed E-state index contributed by atoms with van der Waals surface area (Å²) in [5, 5.41) is 9.99. The van der Waals surface area contributed by atoms with E-state index in [1.165, 1.54) is 6.92 Å². The summed E-state index contributed by atoms with van der Waals surface area (Å²) in [7, 11) is 1.73. The van der Waals surface area contributed by atoms with Crippen LogP contribution in [-0.4, -0.2) is 18.9 Å². The van der Waals surface area contributed by atoms with E-state index in [9.17, 15) is 4.79 Å². The van der Waals surface area contributed by atoms with Crippen molar-refractivity contribution in [3.05, 3.63) is 64.7 Å². The molecule has 0 aliphatic rings. The minimum atomic E-state index is -0.0828. The molecule has 0 bridgehead atoms. The van der Waals surface area contributed by atoms with E-state index in [1.54, 1.807) is 7.05 Å². The first-order chi connectivity index (χ1) is 11.6. The minimum Gasteiger partial charge on any atom is -0.352 e. The van der Waals surface area contributed by atoms with E-state index < -0.39 is 0 Å². The number of nitrogens with one attached hydrogen (secondary N) is 3. The lowest BCUT2D eigenvalue weighted by atomic mass is 10.2. The van der Waals surface area contributed by atoms with Crippen molar-refractivity contribution in [2.24, 2.45) is 4.99 Å². The molecule has 0 aromatic heterocycles. The predicted octanol–water partition coefficient (Wildman–Crippen LogP) is 3.78. The second-order valence-electron chi connectivity index (χ2n) is 5.29. The number of hydrogen-bond donors (Lipinski definition) is 3. The molecular formula is C18H22ClIN4O. The van der Waals surface area contributed by atoms with Gasteiger partial charge in [-0.25, -0.2) is 0 Å². The van der Waals surface area contributed by atoms with Crippen LogP contribution in [0.15, 0.2) is 53.5 Å². The molecule has 0 aliphatic heterocycles. The average molecular weight is 473 g/mol. The van der Waals surface area contributed by atoms with Crippen LogP contribution in [-0.2, 0) is 17.9 Å². The van der Waals surface area contributed by atoms with Crippen molar-refractivity contribution in [1.82, 2.24) is 10.6 Å². The van der Waals surface area contributed by atoms with Gasteiger partial charge in [-0.1, -0.05) is 35.9 Å². The Hall–Kier alpha value is -1.80. The van der Waals surface area contributed by atoms with E-state index in [-0.39, 0.29) is 29.9 Å². The summed E-state index contributed by atoms with van der Waals surface area (Å²) in [5.41, 5.74) is 2.96. The van der Waals surface area contributed by atoms with Gasteiger partial charge in [0.25, 0.3) is 0 Å². The summed E-state index contributed by atoms with van der Waals surface area (Å²) in [6, 6.07) is 15.4. The molecular weight excluding hydrogens is 451 g/mol. The number of hydrogen-bond acceptors (Lipinski definition) is 2. The highest BCUT2D eigenvalue weighted by atomic mass is 127. The van der Waals surface area contributed by atoms with E-state index in [2.05, 4.69) is 20.9 Å². The molecule has 2 rings (SSSR count). The number of halogens is 2. The zero-order valence-electron chi connectivity index (χ0n) is 14.2. The van der Waals surface area contributed by atoms with Crippen LogP contribution in [0.25, 0.3) is 0 Å². The molecule has 0 radical (unpaired) electrons. The fourth-order valence-electron chi connectivity index (χ4n) is 2.16. The largest absolute Gasteiger partial charge is 0.352 e. The van der Waals surface area contributed by atoms with E-state index in [4.69, 9.17) is 11.6 Å². The lowest BCUT2D eigenvalue weighted by Crippen LogP contribution is -2.36. The highest BCUT2D eigenvalue weighted by molar-refractivity contribution is 14.0. The van der Waals surface area contributed by atoms with Gasteiger partial charge in [-0.15, -0.1) is 24.0 Å². The van der Waals surface area contributed by atoms with E-state index in [0.29, 0.717) is 19.0 Å². The van der Waals surface area contributed by atoms with Crippen molar-refractivity contribution in [2.45, 2.75) is 20.0 Å². The van der Waals surface area contributed by atoms with Crippen LogP contribution >= 0.6 is 35.6 Å². The Morgan fingerprint density at radius 2 is 1.68 bits per heavy atom. The molecule has 0 saturated heterocycles. The van der Waals surface area contributed by atoms with E-state index in [0.717, 1.165) is 21.8 Å². The molecule has 0 heterocycles. The van der Waals surface area contributed by atoms with Crippen molar-refractivity contribution >= 4 is 53.1 Å². The summed E-state index contributed by atoms with van der Waals surface area (Å²) in [5.74, 6) is 0.621. The quantitative estimate of drug-likeness (QED) is 0.352. The molecule has 0 atom stereocenters. The maximum Gasteiger partial charge on any atom is 0.221 e. The minimum absolute atomic E-state index is 0. The number of benzene rings is 2. The number of carbonyl (C=O) groups is 1. The smallest absolute Gasteiger partial charge is 0.221 e. The van der Waals surface area contributed by atoms with Crippen molar-refractivity contribution in [2.75, 3.05) is 12.4 Å². The first-order valence-electron chi connectivity index (χ1n) is 7.62. The van der Waals surface area contributed by atoms with Gasteiger partial charge in [0.1, 0.15) is 0 Å². The van der Waals surface area contributed by atoms with Crippen molar-refractivity contribution < 1.29 is 4.79 Å². The first kappa shape index (κ1) is 21.2. The molecule has 134 valence electrons. The van der Waals surface area contributed by atoms with Crippen LogP contribution in [0.2, 0.25) is 5.02 Å². The number of nitrogens with zero attached hydrogens (tertiary/aromatic N) is 1. The molecule has 25 heavy (non-hydrogen) atoms. The normalized spacial score (nSPS) is 10.6. The van der Waals surface area contributed by atoms with Crippen LogP contribution in [0.5, 0.6) is 0 Å². The molecule has 0 spiro atoms. The molecule has 7 heteroatoms. The van der Waals surface area contributed by atoms with Gasteiger partial charge in [-0.3, -0.25) is 9.79 Å². The average Bonchev–Trinajstić information content (AvgIpc) is 2.56. The summed E-state index contributed by atoms with van der Waals surface area (Å²) < 4.78 is 0. The van der Waals surface area contributed by atoms with Gasteiger partial charge in [0.15, 0.2) is 5.96 Å². The molecule has 3 N–H and O–H groups in total. The molecule has 0 saturated carbocycles. The number of carbonyl (C=O) groups excluding carboxylic acids is 1. The third-order valence-corrected chi connectivity index (χ3v) is 3.56. The maximum absolute atomic E-state index is 11.1. The summed E-state index contributed by atoms with van der Waals surface area (Å²) >= 11 is 5.88. The van der Waals surface area contributed by atoms with Crippen LogP contribution in [0.4, 0.5) is 5.69 Å². The highest BCUT2D eigenvalue weighted by Crippen LogP contribution is 2.11. The molecule has 1 amide bonds. The van der Waals surface area contributed by atoms with Gasteiger partial charge in [0.2, 0.25) is 5.91 Å². The number of rotatable bonds is 5. The van der Waals surface area contributed by atoms with Crippen LogP contribution in [0, 0.1) is 0 Å². The van der Waals surface area contributed by atoms with Crippen molar-refractivity contribution in [1.29, 1.82) is 0 Å². The number of anilines is 1. The Morgan fingerprint density at radius 1 is 1.04 bits per heavy atom. The predicted molar refractivity (Wildman–Crippen MR) is 115 cm³/mol. The van der Waals surface area contributed by atoms with Crippen LogP contribution in [0.1, 0.15) is 18.1 Å². The standard InChI is InChI=1S/C18H21ClN4O.HI/c1-13(24)23-17-5-3-4-15(10-17)12-22-18(20-2)21-11-14-6-8-16(19)9-7-14;/h3-10H,11-12H2,1-2H3,(H,23,24)(H2,20,21,22);1H. The second-order valence-corrected chi connectivity index (χ2v) is 5.72. The molecule has 2 aromatic rings. The van der Waals surface area contributed by atoms with Crippen LogP contribution < -0.4 is 16.0 Å². The fraction of sp³-hybridized carbons (Fsp3) is 0.222. The number of aliphatic imine (C=N–C) groups is 1. The van der Waals surface area contributed by atoms with Gasteiger partial charge >= 0.3 is 0 Å². The summed E-state index contributed by atoms with van der Waals surface area (Å²) in [4.78, 5) is 15.3. The molecule has 0 aliphatic carbocycles. The zero-order chi connectivity index (χ0) is 17.4. The Morgan fingerprint density at radius 3 is 2.28 bits per heavy atom. The van der Waals surface area contributed by atoms with Gasteiger partial charge in [0, 0.05) is 37.8 Å². The maximum atomic E-state index is 11.1. The van der Waals surface area contributed by atoms with E-state index in [1.807, 2.05) is 48.5 Å². The summed E-state index contributed by atoms with van der Waals surface area (Å²) in [6.07, 6.45) is 0. The van der Waals surface area contributed by atoms with Gasteiger partial charge in [0.05, 0.1) is 0 Å². The second kappa shape index (κ2) is 10.9. The van der Waals surface area contributed by atoms with Gasteiger partial charge < -0.3 is 16.0 Å². The SMILES string of the molecule is CN=C(NCc1ccc(Cl)cc1)NCc1cccc(NC(C)=O)c1.I.